The largest absolute Gasteiger partial charge is 0.489 e. The Balaban J connectivity index is 2.48. The molecule has 0 aliphatic heterocycles. The van der Waals surface area contributed by atoms with Crippen molar-refractivity contribution >= 4 is 0 Å². The van der Waals surface area contributed by atoms with Crippen LogP contribution in [0.3, 0.4) is 0 Å². The van der Waals surface area contributed by atoms with Crippen molar-refractivity contribution in [1.82, 2.24) is 4.98 Å². The average Bonchev–Trinajstić information content (AvgIpc) is 2.34. The van der Waals surface area contributed by atoms with Gasteiger partial charge in [-0.2, -0.15) is 0 Å². The van der Waals surface area contributed by atoms with Crippen molar-refractivity contribution in [3.05, 3.63) is 24.0 Å². The van der Waals surface area contributed by atoms with E-state index < -0.39 is 6.10 Å². The summed E-state index contributed by atoms with van der Waals surface area (Å²) in [6, 6.07) is 1.85. The van der Waals surface area contributed by atoms with Gasteiger partial charge in [0.05, 0.1) is 18.4 Å². The second kappa shape index (κ2) is 8.06. The Labute approximate surface area is 109 Å². The molecule has 1 rings (SSSR count). The van der Waals surface area contributed by atoms with E-state index in [4.69, 9.17) is 9.47 Å². The van der Waals surface area contributed by atoms with Gasteiger partial charge in [0, 0.05) is 25.0 Å². The van der Waals surface area contributed by atoms with Crippen molar-refractivity contribution in [2.24, 2.45) is 0 Å². The first-order valence-electron chi connectivity index (χ1n) is 6.51. The van der Waals surface area contributed by atoms with Crippen molar-refractivity contribution in [2.75, 3.05) is 13.2 Å². The minimum atomic E-state index is -0.506. The lowest BCUT2D eigenvalue weighted by Gasteiger charge is -2.13. The second-order valence-corrected chi connectivity index (χ2v) is 4.48. The smallest absolute Gasteiger partial charge is 0.138 e. The molecule has 1 atom stereocenters. The Hall–Kier alpha value is -1.13. The number of aromatic nitrogens is 1. The maximum atomic E-state index is 10.0. The van der Waals surface area contributed by atoms with Crippen LogP contribution in [0.4, 0.5) is 0 Å². The van der Waals surface area contributed by atoms with Crippen LogP contribution in [0.15, 0.2) is 18.5 Å². The van der Waals surface area contributed by atoms with Crippen LogP contribution < -0.4 is 4.74 Å². The zero-order chi connectivity index (χ0) is 13.4. The first kappa shape index (κ1) is 14.9. The molecule has 0 aromatic carbocycles. The highest BCUT2D eigenvalue weighted by molar-refractivity contribution is 5.25. The summed E-state index contributed by atoms with van der Waals surface area (Å²) in [6.07, 6.45) is 4.46. The van der Waals surface area contributed by atoms with Crippen LogP contribution in [0.1, 0.15) is 45.3 Å². The average molecular weight is 253 g/mol. The third-order valence-electron chi connectivity index (χ3n) is 2.46. The molecule has 1 heterocycles. The molecular weight excluding hydrogens is 230 g/mol. The minimum Gasteiger partial charge on any atom is -0.489 e. The topological polar surface area (TPSA) is 51.6 Å². The van der Waals surface area contributed by atoms with Crippen molar-refractivity contribution < 1.29 is 14.6 Å². The van der Waals surface area contributed by atoms with Gasteiger partial charge >= 0.3 is 0 Å². The van der Waals surface area contributed by atoms with Gasteiger partial charge in [-0.3, -0.25) is 4.98 Å². The van der Waals surface area contributed by atoms with Crippen LogP contribution >= 0.6 is 0 Å². The molecule has 0 bridgehead atoms. The van der Waals surface area contributed by atoms with Gasteiger partial charge in [0.1, 0.15) is 5.75 Å². The number of aliphatic hydroxyl groups is 1. The Bertz CT molecular complexity index is 342. The number of hydrogen-bond donors (Lipinski definition) is 1. The highest BCUT2D eigenvalue weighted by atomic mass is 16.5. The van der Waals surface area contributed by atoms with E-state index in [2.05, 4.69) is 4.98 Å². The van der Waals surface area contributed by atoms with Crippen LogP contribution in [0.2, 0.25) is 0 Å². The predicted molar refractivity (Wildman–Crippen MR) is 70.7 cm³/mol. The summed E-state index contributed by atoms with van der Waals surface area (Å²) in [5.74, 6) is 0.700. The standard InChI is InChI=1S/C14H23NO3/c1-4-17-7-5-6-14(16)12-8-13(10-15-9-12)18-11(2)3/h8-11,14,16H,4-7H2,1-3H3. The van der Waals surface area contributed by atoms with Crippen LogP contribution in [-0.2, 0) is 4.74 Å². The first-order valence-corrected chi connectivity index (χ1v) is 6.51. The zero-order valence-corrected chi connectivity index (χ0v) is 11.4. The van der Waals surface area contributed by atoms with Crippen molar-refractivity contribution in [3.63, 3.8) is 0 Å². The van der Waals surface area contributed by atoms with E-state index in [1.54, 1.807) is 12.4 Å². The molecule has 1 aromatic rings. The van der Waals surface area contributed by atoms with E-state index in [0.29, 0.717) is 18.8 Å². The van der Waals surface area contributed by atoms with E-state index in [1.165, 1.54) is 0 Å². The molecule has 18 heavy (non-hydrogen) atoms. The number of nitrogens with zero attached hydrogens (tertiary/aromatic N) is 1. The summed E-state index contributed by atoms with van der Waals surface area (Å²) in [7, 11) is 0. The van der Waals surface area contributed by atoms with Gasteiger partial charge < -0.3 is 14.6 Å². The van der Waals surface area contributed by atoms with E-state index in [1.807, 2.05) is 26.8 Å². The van der Waals surface area contributed by atoms with Crippen molar-refractivity contribution in [3.8, 4) is 5.75 Å². The highest BCUT2D eigenvalue weighted by Gasteiger charge is 2.09. The lowest BCUT2D eigenvalue weighted by Crippen LogP contribution is -2.07. The number of rotatable bonds is 8. The first-order chi connectivity index (χ1) is 8.63. The fourth-order valence-corrected chi connectivity index (χ4v) is 1.64. The number of aliphatic hydroxyl groups excluding tert-OH is 1. The van der Waals surface area contributed by atoms with Gasteiger partial charge in [0.25, 0.3) is 0 Å². The van der Waals surface area contributed by atoms with E-state index in [-0.39, 0.29) is 6.10 Å². The van der Waals surface area contributed by atoms with Gasteiger partial charge in [-0.15, -0.1) is 0 Å². The molecule has 0 fully saturated rings. The van der Waals surface area contributed by atoms with Crippen LogP contribution in [-0.4, -0.2) is 29.4 Å². The maximum absolute atomic E-state index is 10.0. The van der Waals surface area contributed by atoms with Gasteiger partial charge in [-0.1, -0.05) is 0 Å². The molecule has 0 saturated heterocycles. The molecule has 0 aliphatic rings. The van der Waals surface area contributed by atoms with Crippen molar-refractivity contribution in [1.29, 1.82) is 0 Å². The fraction of sp³-hybridized carbons (Fsp3) is 0.643. The Kier molecular flexibility index (Phi) is 6.68. The lowest BCUT2D eigenvalue weighted by atomic mass is 10.1. The Morgan fingerprint density at radius 1 is 1.33 bits per heavy atom. The highest BCUT2D eigenvalue weighted by Crippen LogP contribution is 2.22. The Morgan fingerprint density at radius 3 is 2.78 bits per heavy atom. The van der Waals surface area contributed by atoms with Crippen molar-refractivity contribution in [2.45, 2.75) is 45.8 Å². The summed E-state index contributed by atoms with van der Waals surface area (Å²) < 4.78 is 10.8. The summed E-state index contributed by atoms with van der Waals surface area (Å²) in [5.41, 5.74) is 0.796. The summed E-state index contributed by atoms with van der Waals surface area (Å²) in [4.78, 5) is 4.09. The lowest BCUT2D eigenvalue weighted by molar-refractivity contribution is 0.114. The van der Waals surface area contributed by atoms with E-state index >= 15 is 0 Å². The molecule has 0 aliphatic carbocycles. The van der Waals surface area contributed by atoms with E-state index in [9.17, 15) is 5.11 Å². The van der Waals surface area contributed by atoms with Crippen LogP contribution in [0.5, 0.6) is 5.75 Å². The van der Waals surface area contributed by atoms with E-state index in [0.717, 1.165) is 18.6 Å². The van der Waals surface area contributed by atoms with Gasteiger partial charge in [0.2, 0.25) is 0 Å². The quantitative estimate of drug-likeness (QED) is 0.724. The maximum Gasteiger partial charge on any atom is 0.138 e. The SMILES string of the molecule is CCOCCCC(O)c1cncc(OC(C)C)c1. The third kappa shape index (κ3) is 5.47. The molecule has 0 saturated carbocycles. The predicted octanol–water partition coefficient (Wildman–Crippen LogP) is 2.72. The number of hydrogen-bond acceptors (Lipinski definition) is 4. The molecule has 0 spiro atoms. The Morgan fingerprint density at radius 2 is 2.11 bits per heavy atom. The molecule has 1 aromatic heterocycles. The fourth-order valence-electron chi connectivity index (χ4n) is 1.64. The summed E-state index contributed by atoms with van der Waals surface area (Å²) in [6.45, 7) is 7.29. The number of pyridine rings is 1. The molecule has 0 amide bonds. The van der Waals surface area contributed by atoms with Gasteiger partial charge in [-0.05, 0) is 39.7 Å². The molecule has 4 nitrogen and oxygen atoms in total. The number of ether oxygens (including phenoxy) is 2. The van der Waals surface area contributed by atoms with Gasteiger partial charge in [-0.25, -0.2) is 0 Å². The minimum absolute atomic E-state index is 0.108. The second-order valence-electron chi connectivity index (χ2n) is 4.48. The normalized spacial score (nSPS) is 12.7. The zero-order valence-electron chi connectivity index (χ0n) is 11.4. The van der Waals surface area contributed by atoms with Crippen LogP contribution in [0.25, 0.3) is 0 Å². The molecule has 0 radical (unpaired) electrons. The summed E-state index contributed by atoms with van der Waals surface area (Å²) in [5, 5.41) is 10.0. The molecule has 102 valence electrons. The monoisotopic (exact) mass is 253 g/mol. The molecule has 1 N–H and O–H groups in total. The molecular formula is C14H23NO3. The molecule has 4 heteroatoms. The molecule has 1 unspecified atom stereocenters. The van der Waals surface area contributed by atoms with Gasteiger partial charge in [0.15, 0.2) is 0 Å². The van der Waals surface area contributed by atoms with Crippen LogP contribution in [0, 0.1) is 0 Å². The summed E-state index contributed by atoms with van der Waals surface area (Å²) >= 11 is 0. The third-order valence-corrected chi connectivity index (χ3v) is 2.46.